The van der Waals surface area contributed by atoms with E-state index in [1.165, 1.54) is 19.1 Å². The van der Waals surface area contributed by atoms with Crippen LogP contribution in [-0.4, -0.2) is 91.7 Å². The molecular formula is C29H37N3O11. The van der Waals surface area contributed by atoms with E-state index in [0.29, 0.717) is 24.3 Å². The van der Waals surface area contributed by atoms with Gasteiger partial charge in [-0.1, -0.05) is 30.3 Å². The first kappa shape index (κ1) is 33.1. The number of methoxy groups -OCH3 is 2. The molecule has 1 aliphatic rings. The number of aryl methyl sites for hydroxylation is 1. The van der Waals surface area contributed by atoms with Crippen LogP contribution in [0.5, 0.6) is 11.5 Å². The number of carbonyl (C=O) groups is 3. The van der Waals surface area contributed by atoms with Gasteiger partial charge < -0.3 is 33.8 Å². The maximum atomic E-state index is 13.7. The second-order valence-corrected chi connectivity index (χ2v) is 9.80. The fourth-order valence-electron chi connectivity index (χ4n) is 4.79. The average Bonchev–Trinajstić information content (AvgIpc) is 3.00. The molecule has 3 unspecified atom stereocenters. The Kier molecular flexibility index (Phi) is 12.5. The third-order valence-electron chi connectivity index (χ3n) is 6.97. The van der Waals surface area contributed by atoms with Crippen LogP contribution in [0, 0.1) is 10.1 Å². The summed E-state index contributed by atoms with van der Waals surface area (Å²) in [5, 5.41) is 22.3. The summed E-state index contributed by atoms with van der Waals surface area (Å²) in [6.07, 6.45) is 0.898. The summed E-state index contributed by atoms with van der Waals surface area (Å²) < 4.78 is 21.3. The van der Waals surface area contributed by atoms with Crippen LogP contribution in [0.25, 0.3) is 0 Å². The van der Waals surface area contributed by atoms with E-state index >= 15 is 0 Å². The van der Waals surface area contributed by atoms with Crippen molar-refractivity contribution < 1.29 is 48.4 Å². The lowest BCUT2D eigenvalue weighted by molar-refractivity contribution is -0.758. The lowest BCUT2D eigenvalue weighted by Crippen LogP contribution is -2.56. The smallest absolute Gasteiger partial charge is 0.326 e. The highest BCUT2D eigenvalue weighted by atomic mass is 17.0. The molecule has 14 heteroatoms. The molecule has 0 spiro atoms. The molecule has 2 aromatic carbocycles. The van der Waals surface area contributed by atoms with E-state index in [1.54, 1.807) is 19.1 Å². The summed E-state index contributed by atoms with van der Waals surface area (Å²) in [4.78, 5) is 54.6. The van der Waals surface area contributed by atoms with E-state index in [2.05, 4.69) is 10.2 Å². The molecule has 2 N–H and O–H groups in total. The number of carboxylic acids is 1. The number of nitrogens with one attached hydrogen (secondary N) is 1. The Morgan fingerprint density at radius 3 is 2.33 bits per heavy atom. The number of esters is 1. The van der Waals surface area contributed by atoms with Gasteiger partial charge in [-0.2, -0.15) is 0 Å². The second-order valence-electron chi connectivity index (χ2n) is 9.80. The Labute approximate surface area is 248 Å². The third-order valence-corrected chi connectivity index (χ3v) is 6.97. The first-order valence-corrected chi connectivity index (χ1v) is 13.7. The summed E-state index contributed by atoms with van der Waals surface area (Å²) in [6.45, 7) is 1.19. The van der Waals surface area contributed by atoms with E-state index in [-0.39, 0.29) is 39.4 Å². The minimum absolute atomic E-state index is 0.00553. The molecule has 0 saturated heterocycles. The van der Waals surface area contributed by atoms with Crippen molar-refractivity contribution >= 4 is 17.8 Å². The molecule has 234 valence electrons. The minimum atomic E-state index is -1.15. The highest BCUT2D eigenvalue weighted by Crippen LogP contribution is 2.35. The number of carboxylic acid groups (broad SMARTS) is 1. The Morgan fingerprint density at radius 1 is 1.05 bits per heavy atom. The van der Waals surface area contributed by atoms with Gasteiger partial charge in [0.15, 0.2) is 11.5 Å². The molecule has 1 aliphatic heterocycles. The second kappa shape index (κ2) is 16.3. The van der Waals surface area contributed by atoms with Crippen molar-refractivity contribution in [3.8, 4) is 11.5 Å². The number of hydrogen-bond acceptors (Lipinski definition) is 11. The fraction of sp³-hybridized carbons (Fsp3) is 0.483. The largest absolute Gasteiger partial charge is 0.493 e. The Bertz CT molecular complexity index is 1260. The van der Waals surface area contributed by atoms with Crippen LogP contribution in [0.15, 0.2) is 42.5 Å². The summed E-state index contributed by atoms with van der Waals surface area (Å²) in [6, 6.07) is 10.0. The molecule has 0 radical (unpaired) electrons. The van der Waals surface area contributed by atoms with E-state index in [1.807, 2.05) is 30.3 Å². The predicted molar refractivity (Wildman–Crippen MR) is 151 cm³/mol. The molecule has 2 aromatic rings. The zero-order valence-electron chi connectivity index (χ0n) is 24.4. The molecule has 0 aromatic heterocycles. The van der Waals surface area contributed by atoms with Gasteiger partial charge >= 0.3 is 11.9 Å². The highest BCUT2D eigenvalue weighted by molar-refractivity contribution is 5.88. The number of ether oxygens (including phenoxy) is 4. The van der Waals surface area contributed by atoms with Crippen LogP contribution in [0.2, 0.25) is 0 Å². The first-order chi connectivity index (χ1) is 20.6. The monoisotopic (exact) mass is 603 g/mol. The number of amides is 1. The number of fused-ring (bicyclic) bond motifs is 1. The SMILES string of the molecule is COc1cc2c(cc1OC)CN(C(=O)C(C)NC(CCc1ccccc1)C(=O)OCCOCCO[N+](=O)[O-])C(C(=O)O)C2. The van der Waals surface area contributed by atoms with Crippen molar-refractivity contribution in [1.82, 2.24) is 10.2 Å². The van der Waals surface area contributed by atoms with Gasteiger partial charge in [0.1, 0.15) is 25.3 Å². The Hall–Kier alpha value is -4.43. The van der Waals surface area contributed by atoms with Crippen molar-refractivity contribution in [2.45, 2.75) is 50.9 Å². The maximum absolute atomic E-state index is 13.7. The van der Waals surface area contributed by atoms with Crippen molar-refractivity contribution in [3.63, 3.8) is 0 Å². The molecule has 3 atom stereocenters. The molecule has 0 aliphatic carbocycles. The molecule has 1 amide bonds. The number of benzene rings is 2. The van der Waals surface area contributed by atoms with Crippen LogP contribution < -0.4 is 14.8 Å². The van der Waals surface area contributed by atoms with Crippen LogP contribution in [-0.2, 0) is 48.1 Å². The van der Waals surface area contributed by atoms with Crippen LogP contribution >= 0.6 is 0 Å². The van der Waals surface area contributed by atoms with Crippen LogP contribution in [0.3, 0.4) is 0 Å². The zero-order chi connectivity index (χ0) is 31.4. The number of hydrogen-bond donors (Lipinski definition) is 2. The van der Waals surface area contributed by atoms with Gasteiger partial charge in [-0.15, -0.1) is 10.1 Å². The van der Waals surface area contributed by atoms with Crippen molar-refractivity contribution in [3.05, 3.63) is 69.3 Å². The third kappa shape index (κ3) is 9.54. The van der Waals surface area contributed by atoms with E-state index in [4.69, 9.17) is 18.9 Å². The summed E-state index contributed by atoms with van der Waals surface area (Å²) in [5.41, 5.74) is 2.46. The van der Waals surface area contributed by atoms with Gasteiger partial charge in [0, 0.05) is 13.0 Å². The molecule has 0 fully saturated rings. The first-order valence-electron chi connectivity index (χ1n) is 13.7. The van der Waals surface area contributed by atoms with E-state index < -0.39 is 41.1 Å². The summed E-state index contributed by atoms with van der Waals surface area (Å²) in [5.74, 6) is -1.32. The molecular weight excluding hydrogens is 566 g/mol. The van der Waals surface area contributed by atoms with Crippen molar-refractivity contribution in [2.75, 3.05) is 40.6 Å². The predicted octanol–water partition coefficient (Wildman–Crippen LogP) is 1.79. The van der Waals surface area contributed by atoms with Crippen LogP contribution in [0.1, 0.15) is 30.0 Å². The van der Waals surface area contributed by atoms with Gasteiger partial charge in [-0.05, 0) is 48.6 Å². The lowest BCUT2D eigenvalue weighted by atomic mass is 9.92. The van der Waals surface area contributed by atoms with Crippen LogP contribution in [0.4, 0.5) is 0 Å². The number of carbonyl (C=O) groups excluding carboxylic acids is 2. The zero-order valence-corrected chi connectivity index (χ0v) is 24.4. The van der Waals surface area contributed by atoms with E-state index in [9.17, 15) is 29.6 Å². The molecule has 14 nitrogen and oxygen atoms in total. The normalized spacial score (nSPS) is 15.5. The van der Waals surface area contributed by atoms with Gasteiger partial charge in [-0.3, -0.25) is 14.9 Å². The maximum Gasteiger partial charge on any atom is 0.326 e. The lowest BCUT2D eigenvalue weighted by Gasteiger charge is -2.37. The summed E-state index contributed by atoms with van der Waals surface area (Å²) >= 11 is 0. The molecule has 43 heavy (non-hydrogen) atoms. The highest BCUT2D eigenvalue weighted by Gasteiger charge is 2.38. The number of nitrogens with zero attached hydrogens (tertiary/aromatic N) is 2. The molecule has 0 saturated carbocycles. The van der Waals surface area contributed by atoms with Gasteiger partial charge in [-0.25, -0.2) is 4.79 Å². The standard InChI is InChI=1S/C29H37N3O11/c1-19(27(33)31-18-22-17-26(40-3)25(39-2)16-21(22)15-24(31)28(34)35)30-23(10-9-20-7-5-4-6-8-20)29(36)42-13-11-41-12-14-43-32(37)38/h4-8,16-17,19,23-24,30H,9-15,18H2,1-3H3,(H,34,35). The van der Waals surface area contributed by atoms with Crippen molar-refractivity contribution in [2.24, 2.45) is 0 Å². The average molecular weight is 604 g/mol. The number of rotatable bonds is 17. The van der Waals surface area contributed by atoms with Gasteiger partial charge in [0.2, 0.25) is 5.91 Å². The van der Waals surface area contributed by atoms with E-state index in [0.717, 1.165) is 16.7 Å². The molecule has 3 rings (SSSR count). The topological polar surface area (TPSA) is 176 Å². The number of aliphatic carboxylic acids is 1. The van der Waals surface area contributed by atoms with Gasteiger partial charge in [0.25, 0.3) is 5.09 Å². The van der Waals surface area contributed by atoms with Crippen molar-refractivity contribution in [1.29, 1.82) is 0 Å². The minimum Gasteiger partial charge on any atom is -0.493 e. The fourth-order valence-corrected chi connectivity index (χ4v) is 4.79. The Balaban J connectivity index is 1.69. The van der Waals surface area contributed by atoms with Gasteiger partial charge in [0.05, 0.1) is 33.5 Å². The molecule has 1 heterocycles. The summed E-state index contributed by atoms with van der Waals surface area (Å²) in [7, 11) is 2.99. The quantitative estimate of drug-likeness (QED) is 0.116. The molecule has 0 bridgehead atoms. The Morgan fingerprint density at radius 2 is 1.70 bits per heavy atom.